The van der Waals surface area contributed by atoms with Gasteiger partial charge in [-0.25, -0.2) is 9.97 Å². The first-order valence-corrected chi connectivity index (χ1v) is 10.3. The number of aryl methyl sites for hydroxylation is 1. The molecule has 0 saturated carbocycles. The van der Waals surface area contributed by atoms with Crippen LogP contribution in [-0.2, 0) is 24.2 Å². The van der Waals surface area contributed by atoms with E-state index in [2.05, 4.69) is 45.0 Å². The van der Waals surface area contributed by atoms with Crippen LogP contribution >= 0.6 is 0 Å². The van der Waals surface area contributed by atoms with Crippen molar-refractivity contribution in [2.75, 3.05) is 57.9 Å². The van der Waals surface area contributed by atoms with Gasteiger partial charge >= 0.3 is 0 Å². The fourth-order valence-corrected chi connectivity index (χ4v) is 4.23. The standard InChI is InChI=1S/C22H31N5O/c1-18-23-21-17-26(16-19-6-4-3-5-7-19)9-8-20(21)22(24-18)27-12-10-25(11-13-27)14-15-28-2/h3-7H,8-17H2,1-2H3. The average molecular weight is 382 g/mol. The van der Waals surface area contributed by atoms with E-state index in [1.54, 1.807) is 7.11 Å². The van der Waals surface area contributed by atoms with Crippen LogP contribution in [0.4, 0.5) is 5.82 Å². The topological polar surface area (TPSA) is 44.7 Å². The van der Waals surface area contributed by atoms with Crippen molar-refractivity contribution in [1.82, 2.24) is 19.8 Å². The van der Waals surface area contributed by atoms with Crippen LogP contribution in [0.5, 0.6) is 0 Å². The number of rotatable bonds is 6. The Morgan fingerprint density at radius 3 is 2.50 bits per heavy atom. The van der Waals surface area contributed by atoms with Crippen molar-refractivity contribution in [2.45, 2.75) is 26.4 Å². The van der Waals surface area contributed by atoms with Gasteiger partial charge in [0.2, 0.25) is 0 Å². The van der Waals surface area contributed by atoms with Crippen LogP contribution in [0.2, 0.25) is 0 Å². The summed E-state index contributed by atoms with van der Waals surface area (Å²) in [5.74, 6) is 2.06. The van der Waals surface area contributed by atoms with Gasteiger partial charge in [0.1, 0.15) is 11.6 Å². The third-order valence-corrected chi connectivity index (χ3v) is 5.77. The molecule has 1 fully saturated rings. The molecule has 28 heavy (non-hydrogen) atoms. The normalized spacial score (nSPS) is 18.3. The molecule has 3 heterocycles. The molecular formula is C22H31N5O. The van der Waals surface area contributed by atoms with Crippen LogP contribution in [0, 0.1) is 6.92 Å². The van der Waals surface area contributed by atoms with E-state index in [-0.39, 0.29) is 0 Å². The minimum atomic E-state index is 0.805. The van der Waals surface area contributed by atoms with Crippen LogP contribution in [0.15, 0.2) is 30.3 Å². The van der Waals surface area contributed by atoms with Gasteiger partial charge in [-0.3, -0.25) is 9.80 Å². The maximum Gasteiger partial charge on any atom is 0.135 e. The number of methoxy groups -OCH3 is 1. The number of piperazine rings is 1. The van der Waals surface area contributed by atoms with Crippen LogP contribution in [0.25, 0.3) is 0 Å². The average Bonchev–Trinajstić information content (AvgIpc) is 2.72. The Hall–Kier alpha value is -2.02. The van der Waals surface area contributed by atoms with Gasteiger partial charge < -0.3 is 9.64 Å². The van der Waals surface area contributed by atoms with Crippen molar-refractivity contribution < 1.29 is 4.74 Å². The number of ether oxygens (including phenoxy) is 1. The third-order valence-electron chi connectivity index (χ3n) is 5.77. The Bertz CT molecular complexity index is 774. The third kappa shape index (κ3) is 4.51. The van der Waals surface area contributed by atoms with E-state index in [4.69, 9.17) is 14.7 Å². The zero-order chi connectivity index (χ0) is 19.3. The Labute approximate surface area is 168 Å². The Balaban J connectivity index is 1.45. The van der Waals surface area contributed by atoms with E-state index >= 15 is 0 Å². The molecule has 0 bridgehead atoms. The van der Waals surface area contributed by atoms with Crippen molar-refractivity contribution in [3.8, 4) is 0 Å². The molecule has 0 atom stereocenters. The van der Waals surface area contributed by atoms with Crippen LogP contribution < -0.4 is 4.90 Å². The van der Waals surface area contributed by atoms with Crippen molar-refractivity contribution in [3.05, 3.63) is 53.0 Å². The SMILES string of the molecule is COCCN1CCN(c2nc(C)nc3c2CCN(Cc2ccccc2)C3)CC1. The minimum Gasteiger partial charge on any atom is -0.383 e. The Morgan fingerprint density at radius 1 is 0.964 bits per heavy atom. The summed E-state index contributed by atoms with van der Waals surface area (Å²) >= 11 is 0. The van der Waals surface area contributed by atoms with Gasteiger partial charge in [0.25, 0.3) is 0 Å². The van der Waals surface area contributed by atoms with Crippen molar-refractivity contribution in [2.24, 2.45) is 0 Å². The van der Waals surface area contributed by atoms with E-state index in [9.17, 15) is 0 Å². The predicted octanol–water partition coefficient (Wildman–Crippen LogP) is 2.11. The molecule has 0 spiro atoms. The molecule has 2 aromatic rings. The molecule has 0 N–H and O–H groups in total. The van der Waals surface area contributed by atoms with Gasteiger partial charge in [0.05, 0.1) is 12.3 Å². The Morgan fingerprint density at radius 2 is 1.75 bits per heavy atom. The molecule has 0 unspecified atom stereocenters. The fourth-order valence-electron chi connectivity index (χ4n) is 4.23. The predicted molar refractivity (Wildman–Crippen MR) is 112 cm³/mol. The van der Waals surface area contributed by atoms with Gasteiger partial charge in [-0.2, -0.15) is 0 Å². The highest BCUT2D eigenvalue weighted by Gasteiger charge is 2.26. The fraction of sp³-hybridized carbons (Fsp3) is 0.545. The van der Waals surface area contributed by atoms with Gasteiger partial charge in [0, 0.05) is 65.0 Å². The van der Waals surface area contributed by atoms with Crippen molar-refractivity contribution in [3.63, 3.8) is 0 Å². The first kappa shape index (κ1) is 19.3. The molecule has 1 aromatic heterocycles. The molecule has 6 nitrogen and oxygen atoms in total. The summed E-state index contributed by atoms with van der Waals surface area (Å²) in [7, 11) is 1.77. The summed E-state index contributed by atoms with van der Waals surface area (Å²) in [5.41, 5.74) is 3.94. The highest BCUT2D eigenvalue weighted by atomic mass is 16.5. The number of hydrogen-bond acceptors (Lipinski definition) is 6. The second kappa shape index (κ2) is 8.99. The lowest BCUT2D eigenvalue weighted by molar-refractivity contribution is 0.144. The molecule has 6 heteroatoms. The number of anilines is 1. The molecule has 1 saturated heterocycles. The van der Waals surface area contributed by atoms with E-state index in [1.807, 2.05) is 6.92 Å². The zero-order valence-corrected chi connectivity index (χ0v) is 17.1. The van der Waals surface area contributed by atoms with E-state index in [1.165, 1.54) is 22.6 Å². The van der Waals surface area contributed by atoms with Gasteiger partial charge in [-0.1, -0.05) is 30.3 Å². The van der Waals surface area contributed by atoms with Crippen molar-refractivity contribution in [1.29, 1.82) is 0 Å². The molecule has 0 amide bonds. The van der Waals surface area contributed by atoms with Gasteiger partial charge in [0.15, 0.2) is 0 Å². The summed E-state index contributed by atoms with van der Waals surface area (Å²) in [5, 5.41) is 0. The van der Waals surface area contributed by atoms with Crippen LogP contribution in [0.3, 0.4) is 0 Å². The zero-order valence-electron chi connectivity index (χ0n) is 17.1. The minimum absolute atomic E-state index is 0.805. The number of fused-ring (bicyclic) bond motifs is 1. The second-order valence-corrected chi connectivity index (χ2v) is 7.79. The lowest BCUT2D eigenvalue weighted by Gasteiger charge is -2.37. The van der Waals surface area contributed by atoms with E-state index in [0.717, 1.165) is 71.2 Å². The maximum absolute atomic E-state index is 5.22. The number of hydrogen-bond donors (Lipinski definition) is 0. The molecule has 0 aliphatic carbocycles. The molecule has 2 aliphatic rings. The first-order chi connectivity index (χ1) is 13.7. The highest BCUT2D eigenvalue weighted by Crippen LogP contribution is 2.28. The summed E-state index contributed by atoms with van der Waals surface area (Å²) in [4.78, 5) is 17.1. The number of nitrogens with zero attached hydrogens (tertiary/aromatic N) is 5. The van der Waals surface area contributed by atoms with Gasteiger partial charge in [-0.15, -0.1) is 0 Å². The quantitative estimate of drug-likeness (QED) is 0.764. The van der Waals surface area contributed by atoms with E-state index in [0.29, 0.717) is 0 Å². The molecule has 2 aliphatic heterocycles. The second-order valence-electron chi connectivity index (χ2n) is 7.79. The monoisotopic (exact) mass is 381 g/mol. The number of benzene rings is 1. The van der Waals surface area contributed by atoms with Gasteiger partial charge in [-0.05, 0) is 18.9 Å². The summed E-state index contributed by atoms with van der Waals surface area (Å²) in [6.45, 7) is 11.0. The summed E-state index contributed by atoms with van der Waals surface area (Å²) in [6.07, 6.45) is 1.03. The van der Waals surface area contributed by atoms with Crippen LogP contribution in [0.1, 0.15) is 22.6 Å². The van der Waals surface area contributed by atoms with E-state index < -0.39 is 0 Å². The lowest BCUT2D eigenvalue weighted by atomic mass is 10.0. The largest absolute Gasteiger partial charge is 0.383 e. The smallest absolute Gasteiger partial charge is 0.135 e. The highest BCUT2D eigenvalue weighted by molar-refractivity contribution is 5.51. The maximum atomic E-state index is 5.22. The Kier molecular flexibility index (Phi) is 6.20. The molecule has 4 rings (SSSR count). The molecule has 150 valence electrons. The van der Waals surface area contributed by atoms with Crippen LogP contribution in [-0.4, -0.2) is 72.8 Å². The number of aromatic nitrogens is 2. The summed E-state index contributed by atoms with van der Waals surface area (Å²) in [6, 6.07) is 10.7. The summed E-state index contributed by atoms with van der Waals surface area (Å²) < 4.78 is 5.22. The molecular weight excluding hydrogens is 350 g/mol. The molecule has 1 aromatic carbocycles. The first-order valence-electron chi connectivity index (χ1n) is 10.3. The van der Waals surface area contributed by atoms with Crippen molar-refractivity contribution >= 4 is 5.82 Å². The molecule has 0 radical (unpaired) electrons. The lowest BCUT2D eigenvalue weighted by Crippen LogP contribution is -2.48.